The molecule has 128 valence electrons. The van der Waals surface area contributed by atoms with Gasteiger partial charge in [0.15, 0.2) is 5.65 Å². The van der Waals surface area contributed by atoms with Crippen molar-refractivity contribution in [2.75, 3.05) is 5.32 Å². The molecule has 0 bridgehead atoms. The fourth-order valence-corrected chi connectivity index (χ4v) is 2.55. The highest BCUT2D eigenvalue weighted by Gasteiger charge is 2.11. The number of carbonyl (C=O) groups excluding carboxylic acids is 1. The molecule has 6 heteroatoms. The van der Waals surface area contributed by atoms with E-state index in [2.05, 4.69) is 31.2 Å². The molecule has 0 aliphatic heterocycles. The van der Waals surface area contributed by atoms with Crippen LogP contribution in [0.5, 0.6) is 0 Å². The van der Waals surface area contributed by atoms with E-state index in [0.29, 0.717) is 11.5 Å². The van der Waals surface area contributed by atoms with Crippen molar-refractivity contribution < 1.29 is 4.79 Å². The largest absolute Gasteiger partial charge is 0.304 e. The quantitative estimate of drug-likeness (QED) is 0.573. The Balaban J connectivity index is 1.52. The highest BCUT2D eigenvalue weighted by atomic mass is 16.2. The van der Waals surface area contributed by atoms with Gasteiger partial charge in [0, 0.05) is 35.1 Å². The van der Waals surface area contributed by atoms with Crippen molar-refractivity contribution in [3.8, 4) is 23.5 Å². The smallest absolute Gasteiger partial charge is 0.294 e. The van der Waals surface area contributed by atoms with E-state index in [0.717, 1.165) is 22.1 Å². The van der Waals surface area contributed by atoms with Crippen molar-refractivity contribution >= 4 is 22.8 Å². The van der Waals surface area contributed by atoms with E-state index in [1.165, 1.54) is 0 Å². The summed E-state index contributed by atoms with van der Waals surface area (Å²) in [5.41, 5.74) is 3.07. The number of aromatic nitrogens is 4. The van der Waals surface area contributed by atoms with Crippen LogP contribution in [0.15, 0.2) is 67.1 Å². The summed E-state index contributed by atoms with van der Waals surface area (Å²) in [4.78, 5) is 29.1. The topological polar surface area (TPSA) is 80.7 Å². The number of rotatable bonds is 3. The van der Waals surface area contributed by atoms with Gasteiger partial charge in [-0.15, -0.1) is 6.42 Å². The first-order chi connectivity index (χ1) is 13.2. The van der Waals surface area contributed by atoms with Crippen LogP contribution in [0.2, 0.25) is 0 Å². The lowest BCUT2D eigenvalue weighted by molar-refractivity contribution is 0.101. The number of carbonyl (C=O) groups is 1. The van der Waals surface area contributed by atoms with Crippen LogP contribution in [0.1, 0.15) is 16.2 Å². The Morgan fingerprint density at radius 1 is 0.926 bits per heavy atom. The number of fused-ring (bicyclic) bond motifs is 1. The van der Waals surface area contributed by atoms with Crippen molar-refractivity contribution in [2.45, 2.75) is 0 Å². The van der Waals surface area contributed by atoms with E-state index in [9.17, 15) is 4.79 Å². The first-order valence-corrected chi connectivity index (χ1v) is 8.15. The summed E-state index contributed by atoms with van der Waals surface area (Å²) in [6, 6.07) is 14.7. The minimum Gasteiger partial charge on any atom is -0.304 e. The molecule has 0 fully saturated rings. The Labute approximate surface area is 155 Å². The van der Waals surface area contributed by atoms with Gasteiger partial charge in [0.2, 0.25) is 5.82 Å². The number of hydrogen-bond acceptors (Lipinski definition) is 5. The minimum absolute atomic E-state index is 0.0573. The van der Waals surface area contributed by atoms with Crippen molar-refractivity contribution in [1.29, 1.82) is 0 Å². The second kappa shape index (κ2) is 7.02. The second-order valence-electron chi connectivity index (χ2n) is 5.72. The van der Waals surface area contributed by atoms with Gasteiger partial charge in [-0.25, -0.2) is 19.9 Å². The van der Waals surface area contributed by atoms with Crippen LogP contribution < -0.4 is 5.32 Å². The molecule has 0 aliphatic carbocycles. The number of terminal acetylenes is 1. The third-order valence-corrected chi connectivity index (χ3v) is 3.95. The summed E-state index contributed by atoms with van der Waals surface area (Å²) in [5.74, 6) is 2.58. The van der Waals surface area contributed by atoms with Crippen molar-refractivity contribution in [3.05, 3.63) is 78.5 Å². The van der Waals surface area contributed by atoms with E-state index >= 15 is 0 Å². The fourth-order valence-electron chi connectivity index (χ4n) is 2.55. The Morgan fingerprint density at radius 2 is 1.70 bits per heavy atom. The highest BCUT2D eigenvalue weighted by molar-refractivity contribution is 6.01. The molecule has 0 unspecified atom stereocenters. The average molecular weight is 351 g/mol. The molecule has 6 nitrogen and oxygen atoms in total. The number of nitrogens with zero attached hydrogens (tertiary/aromatic N) is 4. The van der Waals surface area contributed by atoms with Gasteiger partial charge < -0.3 is 5.32 Å². The molecule has 1 amide bonds. The zero-order valence-corrected chi connectivity index (χ0v) is 14.1. The van der Waals surface area contributed by atoms with E-state index < -0.39 is 5.91 Å². The zero-order chi connectivity index (χ0) is 18.6. The van der Waals surface area contributed by atoms with Crippen LogP contribution in [0, 0.1) is 12.3 Å². The number of pyridine rings is 2. The van der Waals surface area contributed by atoms with Crippen molar-refractivity contribution in [1.82, 2.24) is 19.9 Å². The fraction of sp³-hybridized carbons (Fsp3) is 0. The molecule has 1 aromatic carbocycles. The third kappa shape index (κ3) is 3.48. The molecule has 0 atom stereocenters. The van der Waals surface area contributed by atoms with Gasteiger partial charge >= 0.3 is 0 Å². The van der Waals surface area contributed by atoms with Crippen LogP contribution in [-0.2, 0) is 0 Å². The molecule has 4 rings (SSSR count). The zero-order valence-electron chi connectivity index (χ0n) is 14.1. The predicted molar refractivity (Wildman–Crippen MR) is 103 cm³/mol. The molecule has 0 saturated heterocycles. The maximum absolute atomic E-state index is 12.4. The molecule has 0 saturated carbocycles. The molecule has 27 heavy (non-hydrogen) atoms. The summed E-state index contributed by atoms with van der Waals surface area (Å²) < 4.78 is 0. The Hall–Kier alpha value is -4.11. The summed E-state index contributed by atoms with van der Waals surface area (Å²) in [5, 5.41) is 3.58. The number of benzene rings is 1. The van der Waals surface area contributed by atoms with Crippen LogP contribution in [-0.4, -0.2) is 25.8 Å². The molecule has 0 aliphatic rings. The van der Waals surface area contributed by atoms with E-state index in [4.69, 9.17) is 6.42 Å². The second-order valence-corrected chi connectivity index (χ2v) is 5.72. The lowest BCUT2D eigenvalue weighted by Gasteiger charge is -2.05. The standard InChI is InChI=1S/C21H13N5O/c1-2-14-5-7-15(8-6-14)17-12-23-20(24-13-17)21(27)26-18-10-9-16-4-3-11-22-19(16)25-18/h1,3-13H,(H,22,25,26,27). The van der Waals surface area contributed by atoms with E-state index in [-0.39, 0.29) is 5.82 Å². The van der Waals surface area contributed by atoms with Crippen molar-refractivity contribution in [3.63, 3.8) is 0 Å². The van der Waals surface area contributed by atoms with Gasteiger partial charge in [0.1, 0.15) is 5.82 Å². The van der Waals surface area contributed by atoms with Gasteiger partial charge in [-0.1, -0.05) is 18.1 Å². The van der Waals surface area contributed by atoms with E-state index in [1.54, 1.807) is 24.7 Å². The molecule has 3 aromatic heterocycles. The van der Waals surface area contributed by atoms with Gasteiger partial charge in [-0.3, -0.25) is 4.79 Å². The summed E-state index contributed by atoms with van der Waals surface area (Å²) >= 11 is 0. The molecule has 0 spiro atoms. The molecule has 4 aromatic rings. The first-order valence-electron chi connectivity index (χ1n) is 8.15. The third-order valence-electron chi connectivity index (χ3n) is 3.95. The molecule has 0 radical (unpaired) electrons. The molecular weight excluding hydrogens is 338 g/mol. The Kier molecular flexibility index (Phi) is 4.25. The summed E-state index contributed by atoms with van der Waals surface area (Å²) in [6.07, 6.45) is 10.2. The molecule has 1 N–H and O–H groups in total. The maximum atomic E-state index is 12.4. The average Bonchev–Trinajstić information content (AvgIpc) is 2.74. The van der Waals surface area contributed by atoms with Gasteiger partial charge in [-0.05, 0) is 42.0 Å². The van der Waals surface area contributed by atoms with Gasteiger partial charge in [0.05, 0.1) is 0 Å². The van der Waals surface area contributed by atoms with Crippen molar-refractivity contribution in [2.24, 2.45) is 0 Å². The Bertz CT molecular complexity index is 1160. The number of amides is 1. The van der Waals surface area contributed by atoms with Crippen LogP contribution in [0.25, 0.3) is 22.2 Å². The molecular formula is C21H13N5O. The first kappa shape index (κ1) is 16.4. The van der Waals surface area contributed by atoms with Crippen LogP contribution >= 0.6 is 0 Å². The maximum Gasteiger partial charge on any atom is 0.294 e. The predicted octanol–water partition coefficient (Wildman–Crippen LogP) is 3.32. The SMILES string of the molecule is C#Cc1ccc(-c2cnc(C(=O)Nc3ccc4cccnc4n3)nc2)cc1. The number of nitrogens with one attached hydrogen (secondary N) is 1. The summed E-state index contributed by atoms with van der Waals surface area (Å²) in [7, 11) is 0. The minimum atomic E-state index is -0.438. The summed E-state index contributed by atoms with van der Waals surface area (Å²) in [6.45, 7) is 0. The van der Waals surface area contributed by atoms with Crippen LogP contribution in [0.4, 0.5) is 5.82 Å². The lowest BCUT2D eigenvalue weighted by Crippen LogP contribution is -2.16. The number of hydrogen-bond donors (Lipinski definition) is 1. The molecule has 3 heterocycles. The van der Waals surface area contributed by atoms with Crippen LogP contribution in [0.3, 0.4) is 0 Å². The van der Waals surface area contributed by atoms with Gasteiger partial charge in [0.25, 0.3) is 5.91 Å². The Morgan fingerprint density at radius 3 is 2.44 bits per heavy atom. The van der Waals surface area contributed by atoms with Gasteiger partial charge in [-0.2, -0.15) is 0 Å². The number of anilines is 1. The lowest BCUT2D eigenvalue weighted by atomic mass is 10.1. The highest BCUT2D eigenvalue weighted by Crippen LogP contribution is 2.18. The van der Waals surface area contributed by atoms with E-state index in [1.807, 2.05) is 42.5 Å². The monoisotopic (exact) mass is 351 g/mol. The normalized spacial score (nSPS) is 10.3.